The maximum absolute atomic E-state index is 14.0. The van der Waals surface area contributed by atoms with Gasteiger partial charge in [-0.2, -0.15) is 0 Å². The molecule has 1 saturated carbocycles. The number of imide groups is 2. The van der Waals surface area contributed by atoms with E-state index >= 15 is 0 Å². The Morgan fingerprint density at radius 2 is 1.95 bits per heavy atom. The molecule has 1 saturated heterocycles. The van der Waals surface area contributed by atoms with Gasteiger partial charge in [0.15, 0.2) is 5.82 Å². The topological polar surface area (TPSA) is 66.5 Å². The van der Waals surface area contributed by atoms with Gasteiger partial charge in [-0.15, -0.1) is 0 Å². The predicted octanol–water partition coefficient (Wildman–Crippen LogP) is 2.23. The molecular weight excluding hydrogens is 287 g/mol. The standard InChI is InChI=1S/C13H10ClFN2O3/c14-7-3-1-4-8(9(7)15)17-11(19)13(5-2-6-13)10(18)16-12(17)20/h1,3-4H,2,5-6H2,(H,16,18,20). The minimum absolute atomic E-state index is 0.192. The fraction of sp³-hybridized carbons (Fsp3) is 0.308. The van der Waals surface area contributed by atoms with E-state index in [-0.39, 0.29) is 10.7 Å². The number of anilines is 1. The number of amides is 4. The van der Waals surface area contributed by atoms with Gasteiger partial charge in [-0.1, -0.05) is 24.1 Å². The van der Waals surface area contributed by atoms with Crippen LogP contribution in [0, 0.1) is 11.2 Å². The van der Waals surface area contributed by atoms with E-state index in [1.165, 1.54) is 18.2 Å². The molecule has 1 aromatic rings. The van der Waals surface area contributed by atoms with Gasteiger partial charge in [0.05, 0.1) is 10.7 Å². The van der Waals surface area contributed by atoms with E-state index in [1.54, 1.807) is 0 Å². The monoisotopic (exact) mass is 296 g/mol. The Morgan fingerprint density at radius 3 is 2.55 bits per heavy atom. The second kappa shape index (κ2) is 4.28. The number of nitrogens with zero attached hydrogens (tertiary/aromatic N) is 1. The fourth-order valence-corrected chi connectivity index (χ4v) is 2.70. The quantitative estimate of drug-likeness (QED) is 0.808. The first-order chi connectivity index (χ1) is 9.47. The highest BCUT2D eigenvalue weighted by molar-refractivity contribution is 6.33. The molecule has 104 valence electrons. The van der Waals surface area contributed by atoms with Crippen molar-refractivity contribution in [2.75, 3.05) is 4.90 Å². The zero-order valence-electron chi connectivity index (χ0n) is 10.3. The molecule has 0 unspecified atom stereocenters. The minimum atomic E-state index is -1.23. The molecule has 3 rings (SSSR count). The molecule has 0 atom stereocenters. The van der Waals surface area contributed by atoms with Gasteiger partial charge in [0.25, 0.3) is 5.91 Å². The summed E-state index contributed by atoms with van der Waals surface area (Å²) in [6, 6.07) is 3.09. The third-order valence-corrected chi connectivity index (χ3v) is 4.14. The number of carbonyl (C=O) groups is 3. The molecule has 0 radical (unpaired) electrons. The van der Waals surface area contributed by atoms with Gasteiger partial charge in [-0.25, -0.2) is 14.1 Å². The van der Waals surface area contributed by atoms with Crippen molar-refractivity contribution in [1.29, 1.82) is 0 Å². The predicted molar refractivity (Wildman–Crippen MR) is 68.7 cm³/mol. The highest BCUT2D eigenvalue weighted by Gasteiger charge is 2.58. The van der Waals surface area contributed by atoms with Crippen LogP contribution in [0.4, 0.5) is 14.9 Å². The number of rotatable bonds is 1. The van der Waals surface area contributed by atoms with Crippen LogP contribution in [0.25, 0.3) is 0 Å². The molecule has 5 nitrogen and oxygen atoms in total. The van der Waals surface area contributed by atoms with Crippen molar-refractivity contribution in [3.05, 3.63) is 29.0 Å². The normalized spacial score (nSPS) is 20.9. The van der Waals surface area contributed by atoms with E-state index in [0.29, 0.717) is 17.7 Å². The van der Waals surface area contributed by atoms with Crippen LogP contribution in [0.3, 0.4) is 0 Å². The van der Waals surface area contributed by atoms with Crippen LogP contribution in [0.1, 0.15) is 19.3 Å². The van der Waals surface area contributed by atoms with Crippen molar-refractivity contribution in [3.8, 4) is 0 Å². The molecule has 1 spiro atoms. The van der Waals surface area contributed by atoms with Crippen molar-refractivity contribution in [2.45, 2.75) is 19.3 Å². The van der Waals surface area contributed by atoms with Crippen molar-refractivity contribution < 1.29 is 18.8 Å². The summed E-state index contributed by atoms with van der Waals surface area (Å²) in [5, 5.41) is 1.92. The largest absolute Gasteiger partial charge is 0.335 e. The van der Waals surface area contributed by atoms with Gasteiger partial charge < -0.3 is 0 Å². The van der Waals surface area contributed by atoms with Crippen LogP contribution in [0.2, 0.25) is 5.02 Å². The lowest BCUT2D eigenvalue weighted by Gasteiger charge is -2.44. The average molecular weight is 297 g/mol. The summed E-state index contributed by atoms with van der Waals surface area (Å²) < 4.78 is 14.0. The van der Waals surface area contributed by atoms with Crippen LogP contribution in [0.5, 0.6) is 0 Å². The maximum atomic E-state index is 14.0. The number of barbiturate groups is 1. The van der Waals surface area contributed by atoms with Crippen LogP contribution in [-0.4, -0.2) is 17.8 Å². The summed E-state index contributed by atoms with van der Waals surface area (Å²) in [6.07, 6.45) is 1.45. The second-order valence-electron chi connectivity index (χ2n) is 4.91. The van der Waals surface area contributed by atoms with E-state index in [1.807, 2.05) is 0 Å². The molecule has 1 N–H and O–H groups in total. The molecule has 7 heteroatoms. The lowest BCUT2D eigenvalue weighted by atomic mass is 9.66. The van der Waals surface area contributed by atoms with E-state index in [4.69, 9.17) is 11.6 Å². The number of benzene rings is 1. The first kappa shape index (κ1) is 13.1. The minimum Gasteiger partial charge on any atom is -0.276 e. The summed E-state index contributed by atoms with van der Waals surface area (Å²) in [7, 11) is 0. The Kier molecular flexibility index (Phi) is 2.79. The molecule has 1 aromatic carbocycles. The maximum Gasteiger partial charge on any atom is 0.335 e. The molecule has 2 aliphatic rings. The molecule has 1 aliphatic heterocycles. The van der Waals surface area contributed by atoms with E-state index < -0.39 is 29.1 Å². The number of hydrogen-bond donors (Lipinski definition) is 1. The molecular formula is C13H10ClFN2O3. The number of carbonyl (C=O) groups excluding carboxylic acids is 3. The molecule has 0 aromatic heterocycles. The van der Waals surface area contributed by atoms with E-state index in [9.17, 15) is 18.8 Å². The van der Waals surface area contributed by atoms with E-state index in [2.05, 4.69) is 5.32 Å². The Labute approximate surface area is 118 Å². The van der Waals surface area contributed by atoms with Gasteiger partial charge in [0.2, 0.25) is 5.91 Å². The van der Waals surface area contributed by atoms with E-state index in [0.717, 1.165) is 6.42 Å². The van der Waals surface area contributed by atoms with Crippen LogP contribution in [0.15, 0.2) is 18.2 Å². The van der Waals surface area contributed by atoms with Gasteiger partial charge in [-0.05, 0) is 25.0 Å². The zero-order chi connectivity index (χ0) is 14.5. The van der Waals surface area contributed by atoms with Crippen LogP contribution >= 0.6 is 11.6 Å². The first-order valence-corrected chi connectivity index (χ1v) is 6.49. The van der Waals surface area contributed by atoms with Crippen LogP contribution in [-0.2, 0) is 9.59 Å². The highest BCUT2D eigenvalue weighted by atomic mass is 35.5. The summed E-state index contributed by atoms with van der Waals surface area (Å²) >= 11 is 5.66. The first-order valence-electron chi connectivity index (χ1n) is 6.11. The Balaban J connectivity index is 2.08. The van der Waals surface area contributed by atoms with Gasteiger partial charge in [-0.3, -0.25) is 14.9 Å². The van der Waals surface area contributed by atoms with Gasteiger partial charge >= 0.3 is 6.03 Å². The number of urea groups is 1. The summed E-state index contributed by atoms with van der Waals surface area (Å²) in [5.41, 5.74) is -1.47. The van der Waals surface area contributed by atoms with Gasteiger partial charge in [0, 0.05) is 0 Å². The summed E-state index contributed by atoms with van der Waals surface area (Å²) in [6.45, 7) is 0. The smallest absolute Gasteiger partial charge is 0.276 e. The zero-order valence-corrected chi connectivity index (χ0v) is 11.0. The van der Waals surface area contributed by atoms with Crippen molar-refractivity contribution in [1.82, 2.24) is 5.32 Å². The lowest BCUT2D eigenvalue weighted by Crippen LogP contribution is -2.66. The summed E-state index contributed by atoms with van der Waals surface area (Å²) in [4.78, 5) is 36.8. The highest BCUT2D eigenvalue weighted by Crippen LogP contribution is 2.45. The molecule has 1 heterocycles. The number of nitrogens with one attached hydrogen (secondary N) is 1. The molecule has 2 fully saturated rings. The third-order valence-electron chi connectivity index (χ3n) is 3.85. The number of halogens is 2. The molecule has 1 aliphatic carbocycles. The van der Waals surface area contributed by atoms with Crippen LogP contribution < -0.4 is 10.2 Å². The molecule has 0 bridgehead atoms. The Bertz CT molecular complexity index is 643. The van der Waals surface area contributed by atoms with Crippen molar-refractivity contribution in [3.63, 3.8) is 0 Å². The molecule has 4 amide bonds. The number of hydrogen-bond acceptors (Lipinski definition) is 3. The van der Waals surface area contributed by atoms with Crippen molar-refractivity contribution >= 4 is 35.1 Å². The van der Waals surface area contributed by atoms with Crippen molar-refractivity contribution in [2.24, 2.45) is 5.41 Å². The second-order valence-corrected chi connectivity index (χ2v) is 5.32. The Morgan fingerprint density at radius 1 is 1.25 bits per heavy atom. The fourth-order valence-electron chi connectivity index (χ4n) is 2.53. The third kappa shape index (κ3) is 1.57. The average Bonchev–Trinajstić information content (AvgIpc) is 2.32. The SMILES string of the molecule is O=C1NC(=O)C2(CCC2)C(=O)N1c1cccc(Cl)c1F. The Hall–Kier alpha value is -1.95. The van der Waals surface area contributed by atoms with Gasteiger partial charge in [0.1, 0.15) is 5.41 Å². The lowest BCUT2D eigenvalue weighted by molar-refractivity contribution is -0.148. The molecule has 20 heavy (non-hydrogen) atoms. The summed E-state index contributed by atoms with van der Waals surface area (Å²) in [5.74, 6) is -2.14.